The number of benzene rings is 2. The lowest BCUT2D eigenvalue weighted by atomic mass is 10.1. The van der Waals surface area contributed by atoms with E-state index in [2.05, 4.69) is 46.2 Å². The van der Waals surface area contributed by atoms with E-state index in [-0.39, 0.29) is 0 Å². The lowest BCUT2D eigenvalue weighted by Crippen LogP contribution is -2.46. The van der Waals surface area contributed by atoms with Gasteiger partial charge in [-0.3, -0.25) is 0 Å². The van der Waals surface area contributed by atoms with Gasteiger partial charge in [0.2, 0.25) is 0 Å². The third-order valence-electron chi connectivity index (χ3n) is 3.83. The molecule has 20 heavy (non-hydrogen) atoms. The Morgan fingerprint density at radius 1 is 0.750 bits per heavy atom. The van der Waals surface area contributed by atoms with Crippen LogP contribution in [0.25, 0.3) is 0 Å². The summed E-state index contributed by atoms with van der Waals surface area (Å²) in [6, 6.07) is 18.7. The van der Waals surface area contributed by atoms with Crippen LogP contribution in [0.2, 0.25) is 0 Å². The van der Waals surface area contributed by atoms with Crippen LogP contribution >= 0.6 is 0 Å². The molecule has 0 radical (unpaired) electrons. The van der Waals surface area contributed by atoms with Crippen molar-refractivity contribution >= 4 is 17.6 Å². The largest absolute Gasteiger partial charge is 0.368 e. The second-order valence-electron chi connectivity index (χ2n) is 5.01. The van der Waals surface area contributed by atoms with E-state index in [1.54, 1.807) is 0 Å². The summed E-state index contributed by atoms with van der Waals surface area (Å²) in [6.45, 7) is 4.05. The molecule has 1 aliphatic heterocycles. The van der Waals surface area contributed by atoms with Crippen molar-refractivity contribution in [2.24, 2.45) is 0 Å². The molecule has 2 aromatic rings. The Labute approximate surface area is 120 Å². The van der Waals surface area contributed by atoms with E-state index in [4.69, 9.17) is 5.41 Å². The first-order valence-electron chi connectivity index (χ1n) is 7.03. The molecule has 0 unspecified atom stereocenters. The van der Waals surface area contributed by atoms with Gasteiger partial charge in [-0.2, -0.15) is 0 Å². The summed E-state index contributed by atoms with van der Waals surface area (Å²) in [7, 11) is 0. The third kappa shape index (κ3) is 2.52. The summed E-state index contributed by atoms with van der Waals surface area (Å²) in [5, 5.41) is 7.52. The number of piperazine rings is 1. The van der Waals surface area contributed by atoms with Crippen molar-refractivity contribution in [3.8, 4) is 0 Å². The summed E-state index contributed by atoms with van der Waals surface area (Å²) in [5.41, 5.74) is 3.48. The highest BCUT2D eigenvalue weighted by Gasteiger charge is 2.18. The number of anilines is 2. The highest BCUT2D eigenvalue weighted by Crippen LogP contribution is 2.22. The SMILES string of the molecule is N=Cc1ccccc1N1CCN(c2ccccc2)CC1. The minimum atomic E-state index is 1.000. The minimum Gasteiger partial charge on any atom is -0.368 e. The van der Waals surface area contributed by atoms with Crippen LogP contribution in [0.5, 0.6) is 0 Å². The van der Waals surface area contributed by atoms with Crippen LogP contribution in [0.3, 0.4) is 0 Å². The standard InChI is InChI=1S/C17H19N3/c18-14-15-6-4-5-9-17(15)20-12-10-19(11-13-20)16-7-2-1-3-8-16/h1-9,14,18H,10-13H2. The van der Waals surface area contributed by atoms with Crippen LogP contribution in [0.15, 0.2) is 54.6 Å². The molecule has 0 amide bonds. The number of nitrogens with zero attached hydrogens (tertiary/aromatic N) is 2. The molecule has 3 heteroatoms. The fourth-order valence-corrected chi connectivity index (χ4v) is 2.74. The maximum absolute atomic E-state index is 7.52. The lowest BCUT2D eigenvalue weighted by molar-refractivity contribution is 0.653. The van der Waals surface area contributed by atoms with Gasteiger partial charge in [0.15, 0.2) is 0 Å². The zero-order valence-corrected chi connectivity index (χ0v) is 11.5. The van der Waals surface area contributed by atoms with Gasteiger partial charge in [-0.1, -0.05) is 36.4 Å². The van der Waals surface area contributed by atoms with Gasteiger partial charge >= 0.3 is 0 Å². The molecule has 3 rings (SSSR count). The number of para-hydroxylation sites is 2. The second kappa shape index (κ2) is 5.78. The molecule has 1 heterocycles. The monoisotopic (exact) mass is 265 g/mol. The lowest BCUT2D eigenvalue weighted by Gasteiger charge is -2.38. The van der Waals surface area contributed by atoms with Crippen LogP contribution in [-0.4, -0.2) is 32.4 Å². The molecule has 0 aromatic heterocycles. The van der Waals surface area contributed by atoms with Crippen molar-refractivity contribution in [1.29, 1.82) is 5.41 Å². The van der Waals surface area contributed by atoms with E-state index in [0.717, 1.165) is 31.7 Å². The van der Waals surface area contributed by atoms with Crippen LogP contribution < -0.4 is 9.80 Å². The number of hydrogen-bond donors (Lipinski definition) is 1. The van der Waals surface area contributed by atoms with Gasteiger partial charge in [-0.15, -0.1) is 0 Å². The van der Waals surface area contributed by atoms with Gasteiger partial charge in [0.25, 0.3) is 0 Å². The molecule has 0 spiro atoms. The molecule has 0 aliphatic carbocycles. The molecule has 1 aliphatic rings. The smallest absolute Gasteiger partial charge is 0.0456 e. The predicted molar refractivity (Wildman–Crippen MR) is 85.2 cm³/mol. The van der Waals surface area contributed by atoms with Gasteiger partial charge in [0.05, 0.1) is 0 Å². The summed E-state index contributed by atoms with van der Waals surface area (Å²) < 4.78 is 0. The molecule has 3 nitrogen and oxygen atoms in total. The molecule has 0 bridgehead atoms. The third-order valence-corrected chi connectivity index (χ3v) is 3.83. The van der Waals surface area contributed by atoms with Gasteiger partial charge in [-0.25, -0.2) is 0 Å². The maximum Gasteiger partial charge on any atom is 0.0456 e. The van der Waals surface area contributed by atoms with E-state index >= 15 is 0 Å². The highest BCUT2D eigenvalue weighted by molar-refractivity contribution is 5.86. The number of rotatable bonds is 3. The molecule has 0 saturated carbocycles. The molecular weight excluding hydrogens is 246 g/mol. The van der Waals surface area contributed by atoms with Crippen LogP contribution in [0.1, 0.15) is 5.56 Å². The fraction of sp³-hybridized carbons (Fsp3) is 0.235. The van der Waals surface area contributed by atoms with Crippen molar-refractivity contribution in [3.05, 3.63) is 60.2 Å². The van der Waals surface area contributed by atoms with Crippen molar-refractivity contribution in [2.75, 3.05) is 36.0 Å². The van der Waals surface area contributed by atoms with Gasteiger partial charge in [0.1, 0.15) is 0 Å². The predicted octanol–water partition coefficient (Wildman–Crippen LogP) is 3.01. The van der Waals surface area contributed by atoms with Crippen molar-refractivity contribution in [2.45, 2.75) is 0 Å². The topological polar surface area (TPSA) is 30.3 Å². The quantitative estimate of drug-likeness (QED) is 0.865. The molecule has 102 valence electrons. The van der Waals surface area contributed by atoms with Gasteiger partial charge in [0, 0.05) is 49.3 Å². The zero-order chi connectivity index (χ0) is 13.8. The Bertz CT molecular complexity index is 572. The summed E-state index contributed by atoms with van der Waals surface area (Å²) in [6.07, 6.45) is 1.44. The first-order valence-corrected chi connectivity index (χ1v) is 7.03. The molecule has 1 N–H and O–H groups in total. The Kier molecular flexibility index (Phi) is 3.68. The van der Waals surface area contributed by atoms with Crippen molar-refractivity contribution in [1.82, 2.24) is 0 Å². The van der Waals surface area contributed by atoms with Crippen molar-refractivity contribution in [3.63, 3.8) is 0 Å². The molecule has 1 fully saturated rings. The van der Waals surface area contributed by atoms with Crippen LogP contribution in [0.4, 0.5) is 11.4 Å². The first kappa shape index (κ1) is 12.7. The van der Waals surface area contributed by atoms with E-state index in [9.17, 15) is 0 Å². The fourth-order valence-electron chi connectivity index (χ4n) is 2.74. The average molecular weight is 265 g/mol. The van der Waals surface area contributed by atoms with Gasteiger partial charge in [-0.05, 0) is 18.2 Å². The van der Waals surface area contributed by atoms with Crippen LogP contribution in [-0.2, 0) is 0 Å². The Hall–Kier alpha value is -2.29. The van der Waals surface area contributed by atoms with Crippen molar-refractivity contribution < 1.29 is 0 Å². The molecule has 0 atom stereocenters. The van der Waals surface area contributed by atoms with E-state index in [1.807, 2.05) is 18.2 Å². The first-order chi connectivity index (χ1) is 9.88. The molecular formula is C17H19N3. The summed E-state index contributed by atoms with van der Waals surface area (Å²) in [5.74, 6) is 0. The minimum absolute atomic E-state index is 1.000. The molecule has 2 aromatic carbocycles. The Balaban J connectivity index is 1.71. The van der Waals surface area contributed by atoms with E-state index in [1.165, 1.54) is 17.6 Å². The molecule has 1 saturated heterocycles. The second-order valence-corrected chi connectivity index (χ2v) is 5.01. The van der Waals surface area contributed by atoms with Gasteiger partial charge < -0.3 is 15.2 Å². The normalized spacial score (nSPS) is 15.2. The Morgan fingerprint density at radius 3 is 2.05 bits per heavy atom. The Morgan fingerprint density at radius 2 is 1.35 bits per heavy atom. The number of nitrogens with one attached hydrogen (secondary N) is 1. The number of hydrogen-bond acceptors (Lipinski definition) is 3. The van der Waals surface area contributed by atoms with E-state index < -0.39 is 0 Å². The summed E-state index contributed by atoms with van der Waals surface area (Å²) >= 11 is 0. The average Bonchev–Trinajstić information content (AvgIpc) is 2.56. The van der Waals surface area contributed by atoms with Crippen LogP contribution in [0, 0.1) is 5.41 Å². The maximum atomic E-state index is 7.52. The zero-order valence-electron chi connectivity index (χ0n) is 11.5. The highest BCUT2D eigenvalue weighted by atomic mass is 15.3. The summed E-state index contributed by atoms with van der Waals surface area (Å²) in [4.78, 5) is 4.79. The van der Waals surface area contributed by atoms with E-state index in [0.29, 0.717) is 0 Å².